The van der Waals surface area contributed by atoms with Crippen LogP contribution in [0.2, 0.25) is 0 Å². The van der Waals surface area contributed by atoms with Crippen LogP contribution in [0.3, 0.4) is 0 Å². The number of nitriles is 1. The van der Waals surface area contributed by atoms with Gasteiger partial charge in [-0.3, -0.25) is 4.79 Å². The van der Waals surface area contributed by atoms with E-state index in [0.717, 1.165) is 0 Å². The second-order valence-corrected chi connectivity index (χ2v) is 5.16. The van der Waals surface area contributed by atoms with Crippen molar-refractivity contribution in [3.63, 3.8) is 0 Å². The zero-order chi connectivity index (χ0) is 12.9. The average molecular weight is 252 g/mol. The average Bonchev–Trinajstić information content (AvgIpc) is 2.29. The van der Waals surface area contributed by atoms with Crippen molar-refractivity contribution in [3.05, 3.63) is 29.8 Å². The summed E-state index contributed by atoms with van der Waals surface area (Å²) in [5.41, 5.74) is 0.341. The molecule has 6 heteroatoms. The van der Waals surface area contributed by atoms with Gasteiger partial charge >= 0.3 is 0 Å². The predicted octanol–water partition coefficient (Wildman–Crippen LogP) is 1.08. The van der Waals surface area contributed by atoms with E-state index in [1.54, 1.807) is 6.07 Å². The van der Waals surface area contributed by atoms with E-state index in [0.29, 0.717) is 5.56 Å². The van der Waals surface area contributed by atoms with E-state index in [2.05, 4.69) is 4.72 Å². The molecule has 0 aromatic heterocycles. The number of benzene rings is 1. The van der Waals surface area contributed by atoms with Crippen molar-refractivity contribution >= 4 is 15.8 Å². The standard InChI is InChI=1S/C11H12N2O3S/c1-9(14)10-4-2-5-11(8-10)17(15,16)13-7-3-6-12/h2,4-5,8,13H,3,7H2,1H3. The minimum absolute atomic E-state index is 0.0307. The number of hydrogen-bond donors (Lipinski definition) is 1. The molecule has 0 saturated carbocycles. The summed E-state index contributed by atoms with van der Waals surface area (Å²) in [4.78, 5) is 11.2. The van der Waals surface area contributed by atoms with Crippen LogP contribution < -0.4 is 4.72 Å². The van der Waals surface area contributed by atoms with Crippen LogP contribution in [0.4, 0.5) is 0 Å². The Hall–Kier alpha value is -1.71. The van der Waals surface area contributed by atoms with Crippen LogP contribution in [-0.2, 0) is 10.0 Å². The van der Waals surface area contributed by atoms with Crippen LogP contribution in [0.25, 0.3) is 0 Å². The summed E-state index contributed by atoms with van der Waals surface area (Å²) in [5, 5.41) is 8.32. The molecule has 0 aliphatic carbocycles. The summed E-state index contributed by atoms with van der Waals surface area (Å²) in [6.45, 7) is 1.43. The Kier molecular flexibility index (Phi) is 4.37. The molecule has 0 aliphatic heterocycles. The van der Waals surface area contributed by atoms with Crippen LogP contribution in [0.1, 0.15) is 23.7 Å². The Balaban J connectivity index is 2.96. The van der Waals surface area contributed by atoms with Crippen molar-refractivity contribution in [3.8, 4) is 6.07 Å². The minimum atomic E-state index is -3.64. The molecule has 0 atom stereocenters. The number of carbonyl (C=O) groups is 1. The topological polar surface area (TPSA) is 87.0 Å². The normalized spacial score (nSPS) is 10.8. The third-order valence-corrected chi connectivity index (χ3v) is 3.54. The molecule has 0 saturated heterocycles. The van der Waals surface area contributed by atoms with Crippen LogP contribution in [0.5, 0.6) is 0 Å². The quantitative estimate of drug-likeness (QED) is 0.627. The van der Waals surface area contributed by atoms with Gasteiger partial charge in [-0.2, -0.15) is 5.26 Å². The molecule has 1 N–H and O–H groups in total. The number of carbonyl (C=O) groups excluding carboxylic acids is 1. The molecule has 1 aromatic carbocycles. The summed E-state index contributed by atoms with van der Waals surface area (Å²) >= 11 is 0. The summed E-state index contributed by atoms with van der Waals surface area (Å²) in [6, 6.07) is 7.62. The molecular formula is C11H12N2O3S. The fraction of sp³-hybridized carbons (Fsp3) is 0.273. The zero-order valence-electron chi connectivity index (χ0n) is 9.30. The lowest BCUT2D eigenvalue weighted by molar-refractivity contribution is 0.101. The van der Waals surface area contributed by atoms with E-state index < -0.39 is 10.0 Å². The van der Waals surface area contributed by atoms with Gasteiger partial charge in [-0.05, 0) is 19.1 Å². The third-order valence-electron chi connectivity index (χ3n) is 2.08. The molecule has 0 amide bonds. The van der Waals surface area contributed by atoms with Gasteiger partial charge in [0.15, 0.2) is 5.78 Å². The Morgan fingerprint density at radius 1 is 1.47 bits per heavy atom. The van der Waals surface area contributed by atoms with Crippen molar-refractivity contribution < 1.29 is 13.2 Å². The number of nitrogens with one attached hydrogen (secondary N) is 1. The summed E-state index contributed by atoms with van der Waals surface area (Å²) in [6.07, 6.45) is 0.103. The van der Waals surface area contributed by atoms with Crippen LogP contribution >= 0.6 is 0 Å². The van der Waals surface area contributed by atoms with Gasteiger partial charge < -0.3 is 0 Å². The second-order valence-electron chi connectivity index (χ2n) is 3.39. The van der Waals surface area contributed by atoms with Gasteiger partial charge in [-0.25, -0.2) is 13.1 Å². The highest BCUT2D eigenvalue weighted by Gasteiger charge is 2.14. The van der Waals surface area contributed by atoms with Crippen molar-refractivity contribution in [2.24, 2.45) is 0 Å². The summed E-state index contributed by atoms with van der Waals surface area (Å²) in [5.74, 6) is -0.195. The Morgan fingerprint density at radius 2 is 2.18 bits per heavy atom. The molecule has 90 valence electrons. The number of nitrogens with zero attached hydrogens (tertiary/aromatic N) is 1. The first-order chi connectivity index (χ1) is 7.97. The van der Waals surface area contributed by atoms with Gasteiger partial charge in [0.25, 0.3) is 0 Å². The maximum Gasteiger partial charge on any atom is 0.240 e. The van der Waals surface area contributed by atoms with Crippen LogP contribution in [0, 0.1) is 11.3 Å². The first-order valence-electron chi connectivity index (χ1n) is 4.95. The number of hydrogen-bond acceptors (Lipinski definition) is 4. The molecule has 0 fully saturated rings. The smallest absolute Gasteiger partial charge is 0.240 e. The van der Waals surface area contributed by atoms with E-state index in [1.165, 1.54) is 25.1 Å². The molecule has 0 spiro atoms. The highest BCUT2D eigenvalue weighted by Crippen LogP contribution is 2.11. The molecule has 17 heavy (non-hydrogen) atoms. The predicted molar refractivity (Wildman–Crippen MR) is 61.9 cm³/mol. The van der Waals surface area contributed by atoms with E-state index in [9.17, 15) is 13.2 Å². The van der Waals surface area contributed by atoms with Crippen LogP contribution in [-0.4, -0.2) is 20.7 Å². The van der Waals surface area contributed by atoms with E-state index >= 15 is 0 Å². The monoisotopic (exact) mass is 252 g/mol. The Morgan fingerprint density at radius 3 is 2.76 bits per heavy atom. The fourth-order valence-corrected chi connectivity index (χ4v) is 2.28. The lowest BCUT2D eigenvalue weighted by Gasteiger charge is -2.05. The van der Waals surface area contributed by atoms with Crippen LogP contribution in [0.15, 0.2) is 29.2 Å². The fourth-order valence-electron chi connectivity index (χ4n) is 1.21. The van der Waals surface area contributed by atoms with Crippen molar-refractivity contribution in [1.29, 1.82) is 5.26 Å². The number of Topliss-reactive ketones (excluding diaryl/α,β-unsaturated/α-hetero) is 1. The number of rotatable bonds is 5. The summed E-state index contributed by atoms with van der Waals surface area (Å²) in [7, 11) is -3.64. The van der Waals surface area contributed by atoms with Gasteiger partial charge in [0.2, 0.25) is 10.0 Å². The third kappa shape index (κ3) is 3.66. The highest BCUT2D eigenvalue weighted by atomic mass is 32.2. The maximum absolute atomic E-state index is 11.7. The first kappa shape index (κ1) is 13.4. The number of ketones is 1. The van der Waals surface area contributed by atoms with E-state index in [1.807, 2.05) is 6.07 Å². The molecular weight excluding hydrogens is 240 g/mol. The van der Waals surface area contributed by atoms with E-state index in [-0.39, 0.29) is 23.6 Å². The molecule has 5 nitrogen and oxygen atoms in total. The molecule has 0 heterocycles. The molecule has 0 radical (unpaired) electrons. The van der Waals surface area contributed by atoms with Crippen molar-refractivity contribution in [2.45, 2.75) is 18.2 Å². The molecule has 1 aromatic rings. The maximum atomic E-state index is 11.7. The zero-order valence-corrected chi connectivity index (χ0v) is 10.1. The second kappa shape index (κ2) is 5.57. The molecule has 0 bridgehead atoms. The lowest BCUT2D eigenvalue weighted by Crippen LogP contribution is -2.24. The van der Waals surface area contributed by atoms with Gasteiger partial charge in [-0.15, -0.1) is 0 Å². The lowest BCUT2D eigenvalue weighted by atomic mass is 10.2. The van der Waals surface area contributed by atoms with Gasteiger partial charge in [0.1, 0.15) is 0 Å². The molecule has 0 aliphatic rings. The largest absolute Gasteiger partial charge is 0.295 e. The first-order valence-corrected chi connectivity index (χ1v) is 6.43. The van der Waals surface area contributed by atoms with Gasteiger partial charge in [0, 0.05) is 18.5 Å². The van der Waals surface area contributed by atoms with Crippen molar-refractivity contribution in [2.75, 3.05) is 6.54 Å². The Bertz CT molecular complexity index is 558. The minimum Gasteiger partial charge on any atom is -0.295 e. The number of sulfonamides is 1. The SMILES string of the molecule is CC(=O)c1cccc(S(=O)(=O)NCCC#N)c1. The van der Waals surface area contributed by atoms with E-state index in [4.69, 9.17) is 5.26 Å². The van der Waals surface area contributed by atoms with Crippen molar-refractivity contribution in [1.82, 2.24) is 4.72 Å². The molecule has 0 unspecified atom stereocenters. The van der Waals surface area contributed by atoms with Gasteiger partial charge in [0.05, 0.1) is 11.0 Å². The molecule has 1 rings (SSSR count). The Labute approximate surface area is 100 Å². The summed E-state index contributed by atoms with van der Waals surface area (Å²) < 4.78 is 25.8. The highest BCUT2D eigenvalue weighted by molar-refractivity contribution is 7.89. The van der Waals surface area contributed by atoms with Gasteiger partial charge in [-0.1, -0.05) is 12.1 Å².